The molecule has 232 valence electrons. The minimum absolute atomic E-state index is 0.0671. The van der Waals surface area contributed by atoms with Gasteiger partial charge in [-0.2, -0.15) is 5.10 Å². The summed E-state index contributed by atoms with van der Waals surface area (Å²) in [6, 6.07) is 4.99. The van der Waals surface area contributed by atoms with Gasteiger partial charge in [0.05, 0.1) is 35.0 Å². The van der Waals surface area contributed by atoms with Crippen LogP contribution >= 0.6 is 0 Å². The molecule has 2 atom stereocenters. The first-order chi connectivity index (χ1) is 21.2. The molecule has 6 heterocycles. The molecule has 7 rings (SSSR count). The lowest BCUT2D eigenvalue weighted by Gasteiger charge is -2.50. The summed E-state index contributed by atoms with van der Waals surface area (Å²) < 4.78 is 1.98. The van der Waals surface area contributed by atoms with E-state index in [1.165, 1.54) is 0 Å². The molecule has 0 saturated carbocycles. The van der Waals surface area contributed by atoms with Crippen molar-refractivity contribution in [2.45, 2.75) is 50.7 Å². The smallest absolute Gasteiger partial charge is 0.262 e. The number of aromatic nitrogens is 2. The predicted molar refractivity (Wildman–Crippen MR) is 160 cm³/mol. The van der Waals surface area contributed by atoms with Gasteiger partial charge in [0, 0.05) is 76.6 Å². The van der Waals surface area contributed by atoms with Gasteiger partial charge in [-0.3, -0.25) is 43.8 Å². The van der Waals surface area contributed by atoms with E-state index in [0.29, 0.717) is 23.1 Å². The van der Waals surface area contributed by atoms with Crippen LogP contribution in [-0.2, 0) is 14.4 Å². The second-order valence-corrected chi connectivity index (χ2v) is 12.7. The summed E-state index contributed by atoms with van der Waals surface area (Å²) in [4.78, 5) is 70.9. The second kappa shape index (κ2) is 11.0. The number of imide groups is 2. The molecule has 2 N–H and O–H groups in total. The third-order valence-corrected chi connectivity index (χ3v) is 10.2. The first-order valence-corrected chi connectivity index (χ1v) is 15.6. The van der Waals surface area contributed by atoms with E-state index in [1.54, 1.807) is 12.1 Å². The summed E-state index contributed by atoms with van der Waals surface area (Å²) >= 11 is 0. The van der Waals surface area contributed by atoms with Gasteiger partial charge < -0.3 is 15.1 Å². The van der Waals surface area contributed by atoms with E-state index in [1.807, 2.05) is 35.1 Å². The first-order valence-electron chi connectivity index (χ1n) is 15.6. The van der Waals surface area contributed by atoms with Crippen molar-refractivity contribution in [3.63, 3.8) is 0 Å². The molecule has 2 aromatic rings. The summed E-state index contributed by atoms with van der Waals surface area (Å²) in [6.45, 7) is 6.95. The third kappa shape index (κ3) is 4.83. The lowest BCUT2D eigenvalue weighted by molar-refractivity contribution is -0.150. The van der Waals surface area contributed by atoms with E-state index in [4.69, 9.17) is 0 Å². The molecule has 1 aromatic heterocycles. The van der Waals surface area contributed by atoms with Crippen LogP contribution in [-0.4, -0.2) is 112 Å². The van der Waals surface area contributed by atoms with Crippen LogP contribution in [0.15, 0.2) is 30.6 Å². The fourth-order valence-corrected chi connectivity index (χ4v) is 7.27. The highest BCUT2D eigenvalue weighted by molar-refractivity contribution is 6.23. The van der Waals surface area contributed by atoms with Crippen molar-refractivity contribution >= 4 is 40.9 Å². The Hall–Kier alpha value is -4.26. The average molecular weight is 603 g/mol. The number of anilines is 2. The Labute approximate surface area is 255 Å². The molecule has 5 amide bonds. The molecular formula is C31H38N8O5. The average Bonchev–Trinajstić information content (AvgIpc) is 3.55. The Bertz CT molecular complexity index is 1520. The van der Waals surface area contributed by atoms with Gasteiger partial charge in [-0.25, -0.2) is 0 Å². The number of nitrogens with one attached hydrogen (secondary N) is 2. The highest BCUT2D eigenvalue weighted by atomic mass is 16.2. The normalized spacial score (nSPS) is 24.2. The summed E-state index contributed by atoms with van der Waals surface area (Å²) in [5.41, 5.74) is 2.46. The summed E-state index contributed by atoms with van der Waals surface area (Å²) in [7, 11) is 1.88. The van der Waals surface area contributed by atoms with Crippen LogP contribution < -0.4 is 15.5 Å². The molecule has 5 aliphatic rings. The monoisotopic (exact) mass is 602 g/mol. The van der Waals surface area contributed by atoms with Gasteiger partial charge in [0.1, 0.15) is 6.04 Å². The lowest BCUT2D eigenvalue weighted by Crippen LogP contribution is -2.63. The quantitative estimate of drug-likeness (QED) is 0.443. The Balaban J connectivity index is 0.885. The van der Waals surface area contributed by atoms with E-state index in [2.05, 4.69) is 32.5 Å². The molecule has 5 aliphatic heterocycles. The molecule has 2 unspecified atom stereocenters. The minimum Gasteiger partial charge on any atom is -0.386 e. The van der Waals surface area contributed by atoms with Crippen molar-refractivity contribution in [1.82, 2.24) is 29.8 Å². The van der Waals surface area contributed by atoms with Crippen LogP contribution in [0.25, 0.3) is 0 Å². The van der Waals surface area contributed by atoms with E-state index in [-0.39, 0.29) is 36.6 Å². The summed E-state index contributed by atoms with van der Waals surface area (Å²) in [5, 5.41) is 9.78. The molecule has 0 bridgehead atoms. The number of rotatable bonds is 7. The van der Waals surface area contributed by atoms with Gasteiger partial charge in [0.15, 0.2) is 0 Å². The lowest BCUT2D eigenvalue weighted by atomic mass is 9.88. The molecule has 4 saturated heterocycles. The number of likely N-dealkylation sites (tertiary alicyclic amines) is 2. The highest BCUT2D eigenvalue weighted by Crippen LogP contribution is 2.35. The number of fused-ring (bicyclic) bond motifs is 1. The zero-order valence-corrected chi connectivity index (χ0v) is 25.1. The number of carbonyl (C=O) groups excluding carboxylic acids is 5. The van der Waals surface area contributed by atoms with Gasteiger partial charge in [-0.05, 0) is 44.4 Å². The van der Waals surface area contributed by atoms with Crippen molar-refractivity contribution in [3.8, 4) is 0 Å². The van der Waals surface area contributed by atoms with Crippen LogP contribution in [0.4, 0.5) is 11.4 Å². The van der Waals surface area contributed by atoms with Gasteiger partial charge in [-0.15, -0.1) is 0 Å². The number of piperidine rings is 2. The molecule has 0 spiro atoms. The van der Waals surface area contributed by atoms with Crippen molar-refractivity contribution in [2.24, 2.45) is 11.8 Å². The second-order valence-electron chi connectivity index (χ2n) is 12.7. The maximum atomic E-state index is 13.2. The molecule has 1 aromatic carbocycles. The van der Waals surface area contributed by atoms with Gasteiger partial charge >= 0.3 is 0 Å². The largest absolute Gasteiger partial charge is 0.386 e. The van der Waals surface area contributed by atoms with Crippen molar-refractivity contribution < 1.29 is 24.0 Å². The molecule has 0 aliphatic carbocycles. The molecule has 13 heteroatoms. The van der Waals surface area contributed by atoms with Gasteiger partial charge in [-0.1, -0.05) is 0 Å². The third-order valence-electron chi connectivity index (χ3n) is 10.2. The zero-order valence-electron chi connectivity index (χ0n) is 25.1. The highest BCUT2D eigenvalue weighted by Gasteiger charge is 2.46. The molecular weight excluding hydrogens is 564 g/mol. The van der Waals surface area contributed by atoms with E-state index >= 15 is 0 Å². The Morgan fingerprint density at radius 1 is 1.00 bits per heavy atom. The Morgan fingerprint density at radius 2 is 1.73 bits per heavy atom. The van der Waals surface area contributed by atoms with E-state index in [0.717, 1.165) is 68.4 Å². The molecule has 13 nitrogen and oxygen atoms in total. The zero-order chi connectivity index (χ0) is 30.7. The van der Waals surface area contributed by atoms with Crippen molar-refractivity contribution in [1.29, 1.82) is 0 Å². The Morgan fingerprint density at radius 3 is 2.41 bits per heavy atom. The number of nitrogens with zero attached hydrogens (tertiary/aromatic N) is 6. The van der Waals surface area contributed by atoms with Crippen molar-refractivity contribution in [2.75, 3.05) is 56.5 Å². The SMILES string of the molecule is CNc1cnn(C(C)C2CN(C(=O)C3CN(C4CCN(c5ccc6c(c5)C(=O)N(C5CCC(=O)NC5=O)C6=O)CC4)C3)C2)c1. The number of hydrogen-bond donors (Lipinski definition) is 2. The van der Waals surface area contributed by atoms with Crippen LogP contribution in [0.1, 0.15) is 59.4 Å². The molecule has 44 heavy (non-hydrogen) atoms. The Kier molecular flexibility index (Phi) is 7.14. The minimum atomic E-state index is -0.966. The molecule has 4 fully saturated rings. The predicted octanol–water partition coefficient (Wildman–Crippen LogP) is 0.946. The maximum absolute atomic E-state index is 13.2. The van der Waals surface area contributed by atoms with E-state index < -0.39 is 23.8 Å². The van der Waals surface area contributed by atoms with Crippen LogP contribution in [0.3, 0.4) is 0 Å². The standard InChI is InChI=1S/C31H38N8O5/c1-18(38-17-21(32-2)12-33-38)19-13-37(14-19)29(42)20-15-36(16-20)22-7-9-35(10-8-22)23-3-4-24-25(11-23)31(44)39(30(24)43)26-5-6-27(40)34-28(26)41/h3-4,11-12,17-20,22,26,32H,5-10,13-16H2,1-2H3,(H,34,40,41). The van der Waals surface area contributed by atoms with Crippen LogP contribution in [0, 0.1) is 11.8 Å². The maximum Gasteiger partial charge on any atom is 0.262 e. The number of benzene rings is 1. The fraction of sp³-hybridized carbons (Fsp3) is 0.548. The summed E-state index contributed by atoms with van der Waals surface area (Å²) in [6.07, 6.45) is 5.97. The first kappa shape index (κ1) is 28.5. The number of carbonyl (C=O) groups is 5. The van der Waals surface area contributed by atoms with E-state index in [9.17, 15) is 24.0 Å². The number of amides is 5. The van der Waals surface area contributed by atoms with Gasteiger partial charge in [0.2, 0.25) is 17.7 Å². The van der Waals surface area contributed by atoms with Crippen LogP contribution in [0.5, 0.6) is 0 Å². The van der Waals surface area contributed by atoms with Gasteiger partial charge in [0.25, 0.3) is 11.8 Å². The fourth-order valence-electron chi connectivity index (χ4n) is 7.27. The summed E-state index contributed by atoms with van der Waals surface area (Å²) in [5.74, 6) is -1.23. The topological polar surface area (TPSA) is 140 Å². The van der Waals surface area contributed by atoms with Crippen molar-refractivity contribution in [3.05, 3.63) is 41.7 Å². The molecule has 0 radical (unpaired) electrons. The number of hydrogen-bond acceptors (Lipinski definition) is 9. The van der Waals surface area contributed by atoms with Crippen LogP contribution in [0.2, 0.25) is 0 Å².